The van der Waals surface area contributed by atoms with E-state index in [1.807, 2.05) is 31.2 Å². The minimum Gasteiger partial charge on any atom is -0.396 e. The maximum Gasteiger partial charge on any atom is 0.254 e. The number of aliphatic hydroxyl groups excluding tert-OH is 1. The van der Waals surface area contributed by atoms with Crippen molar-refractivity contribution in [3.8, 4) is 0 Å². The fourth-order valence-electron chi connectivity index (χ4n) is 2.38. The van der Waals surface area contributed by atoms with Gasteiger partial charge in [0.05, 0.1) is 18.2 Å². The topological polar surface area (TPSA) is 74.3 Å². The average molecular weight is 276 g/mol. The summed E-state index contributed by atoms with van der Waals surface area (Å²) >= 11 is 0. The van der Waals surface area contributed by atoms with Crippen molar-refractivity contribution < 1.29 is 14.6 Å². The molecule has 0 radical (unpaired) electrons. The Morgan fingerprint density at radius 2 is 2.20 bits per heavy atom. The molecule has 1 aromatic heterocycles. The molecule has 3 N–H and O–H groups in total. The molecule has 0 saturated carbocycles. The Morgan fingerprint density at radius 1 is 1.45 bits per heavy atom. The van der Waals surface area contributed by atoms with Crippen molar-refractivity contribution in [2.24, 2.45) is 0 Å². The summed E-state index contributed by atoms with van der Waals surface area (Å²) in [4.78, 5) is 15.6. The number of methoxy groups -OCH3 is 1. The van der Waals surface area contributed by atoms with Crippen molar-refractivity contribution in [2.45, 2.75) is 19.4 Å². The van der Waals surface area contributed by atoms with Gasteiger partial charge in [0, 0.05) is 30.3 Å². The van der Waals surface area contributed by atoms with E-state index in [1.165, 1.54) is 0 Å². The summed E-state index contributed by atoms with van der Waals surface area (Å²) in [6.07, 6.45) is 0.473. The Balaban J connectivity index is 2.24. The minimum absolute atomic E-state index is 0.0151. The van der Waals surface area contributed by atoms with Crippen LogP contribution in [0.2, 0.25) is 0 Å². The molecule has 0 saturated heterocycles. The van der Waals surface area contributed by atoms with Gasteiger partial charge in [0.2, 0.25) is 0 Å². The molecule has 1 amide bonds. The lowest BCUT2D eigenvalue weighted by Crippen LogP contribution is -2.38. The number of nitrogens with one attached hydrogen (secondary N) is 2. The van der Waals surface area contributed by atoms with E-state index in [4.69, 9.17) is 9.84 Å². The third kappa shape index (κ3) is 3.00. The van der Waals surface area contributed by atoms with Crippen LogP contribution in [0.25, 0.3) is 10.9 Å². The highest BCUT2D eigenvalue weighted by molar-refractivity contribution is 6.08. The lowest BCUT2D eigenvalue weighted by Gasteiger charge is -2.16. The van der Waals surface area contributed by atoms with Gasteiger partial charge < -0.3 is 20.1 Å². The summed E-state index contributed by atoms with van der Waals surface area (Å²) in [5.74, 6) is -0.143. The highest BCUT2D eigenvalue weighted by Crippen LogP contribution is 2.21. The monoisotopic (exact) mass is 276 g/mol. The molecule has 5 heteroatoms. The number of aromatic nitrogens is 1. The van der Waals surface area contributed by atoms with Crippen LogP contribution in [0.5, 0.6) is 0 Å². The second-order valence-electron chi connectivity index (χ2n) is 4.81. The Labute approximate surface area is 117 Å². The molecule has 2 rings (SSSR count). The Morgan fingerprint density at radius 3 is 2.90 bits per heavy atom. The van der Waals surface area contributed by atoms with E-state index in [0.717, 1.165) is 16.6 Å². The first-order chi connectivity index (χ1) is 9.67. The van der Waals surface area contributed by atoms with Gasteiger partial charge in [0.1, 0.15) is 0 Å². The fraction of sp³-hybridized carbons (Fsp3) is 0.400. The number of carbonyl (C=O) groups is 1. The van der Waals surface area contributed by atoms with Crippen molar-refractivity contribution >= 4 is 16.8 Å². The minimum atomic E-state index is -0.189. The lowest BCUT2D eigenvalue weighted by atomic mass is 10.1. The van der Waals surface area contributed by atoms with Gasteiger partial charge in [-0.25, -0.2) is 0 Å². The molecule has 0 aliphatic rings. The quantitative estimate of drug-likeness (QED) is 0.750. The van der Waals surface area contributed by atoms with Crippen LogP contribution < -0.4 is 5.32 Å². The number of ether oxygens (including phenoxy) is 1. The summed E-state index contributed by atoms with van der Waals surface area (Å²) in [7, 11) is 1.58. The molecule has 1 aromatic carbocycles. The van der Waals surface area contributed by atoms with Gasteiger partial charge in [-0.1, -0.05) is 18.2 Å². The number of rotatable bonds is 6. The van der Waals surface area contributed by atoms with E-state index in [1.54, 1.807) is 7.11 Å². The largest absolute Gasteiger partial charge is 0.396 e. The molecule has 108 valence electrons. The Bertz CT molecular complexity index is 586. The fourth-order valence-corrected chi connectivity index (χ4v) is 2.38. The Hall–Kier alpha value is -1.85. The molecule has 0 bridgehead atoms. The molecule has 0 spiro atoms. The van der Waals surface area contributed by atoms with Crippen molar-refractivity contribution in [1.29, 1.82) is 0 Å². The van der Waals surface area contributed by atoms with E-state index in [9.17, 15) is 4.79 Å². The molecule has 2 aromatic rings. The molecule has 1 unspecified atom stereocenters. The molecule has 0 fully saturated rings. The number of amides is 1. The van der Waals surface area contributed by atoms with Crippen LogP contribution in [0.3, 0.4) is 0 Å². The van der Waals surface area contributed by atoms with Gasteiger partial charge in [0.15, 0.2) is 0 Å². The maximum atomic E-state index is 12.4. The normalized spacial score (nSPS) is 12.6. The molecule has 0 aliphatic heterocycles. The highest BCUT2D eigenvalue weighted by atomic mass is 16.5. The van der Waals surface area contributed by atoms with Crippen LogP contribution in [0.4, 0.5) is 0 Å². The van der Waals surface area contributed by atoms with Crippen molar-refractivity contribution in [2.75, 3.05) is 20.3 Å². The second kappa shape index (κ2) is 6.54. The zero-order valence-electron chi connectivity index (χ0n) is 11.8. The first kappa shape index (κ1) is 14.6. The predicted octanol–water partition coefficient (Wildman–Crippen LogP) is 1.60. The van der Waals surface area contributed by atoms with Crippen LogP contribution in [-0.2, 0) is 4.74 Å². The van der Waals surface area contributed by atoms with Crippen molar-refractivity contribution in [3.05, 3.63) is 35.5 Å². The van der Waals surface area contributed by atoms with Crippen LogP contribution in [-0.4, -0.2) is 42.4 Å². The summed E-state index contributed by atoms with van der Waals surface area (Å²) < 4.78 is 5.06. The molecular formula is C15H20N2O3. The molecule has 0 aliphatic carbocycles. The highest BCUT2D eigenvalue weighted by Gasteiger charge is 2.18. The number of hydrogen-bond donors (Lipinski definition) is 3. The van der Waals surface area contributed by atoms with E-state index in [2.05, 4.69) is 10.3 Å². The SMILES string of the molecule is COCC(CCO)NC(=O)c1c(C)[nH]c2ccccc12. The van der Waals surface area contributed by atoms with Crippen molar-refractivity contribution in [3.63, 3.8) is 0 Å². The Kier molecular flexibility index (Phi) is 4.76. The smallest absolute Gasteiger partial charge is 0.254 e. The molecular weight excluding hydrogens is 256 g/mol. The number of fused-ring (bicyclic) bond motifs is 1. The van der Waals surface area contributed by atoms with Crippen LogP contribution >= 0.6 is 0 Å². The van der Waals surface area contributed by atoms with Gasteiger partial charge in [-0.2, -0.15) is 0 Å². The number of hydrogen-bond acceptors (Lipinski definition) is 3. The van der Waals surface area contributed by atoms with Crippen LogP contribution in [0.1, 0.15) is 22.5 Å². The lowest BCUT2D eigenvalue weighted by molar-refractivity contribution is 0.0880. The first-order valence-corrected chi connectivity index (χ1v) is 6.65. The number of para-hydroxylation sites is 1. The zero-order chi connectivity index (χ0) is 14.5. The standard InChI is InChI=1S/C15H20N2O3/c1-10-14(12-5-3-4-6-13(12)16-10)15(19)17-11(7-8-18)9-20-2/h3-6,11,16,18H,7-9H2,1-2H3,(H,17,19). The van der Waals surface area contributed by atoms with Gasteiger partial charge in [-0.3, -0.25) is 4.79 Å². The third-order valence-corrected chi connectivity index (χ3v) is 3.30. The van der Waals surface area contributed by atoms with E-state index >= 15 is 0 Å². The average Bonchev–Trinajstić information content (AvgIpc) is 2.75. The van der Waals surface area contributed by atoms with E-state index < -0.39 is 0 Å². The van der Waals surface area contributed by atoms with Crippen LogP contribution in [0, 0.1) is 6.92 Å². The molecule has 5 nitrogen and oxygen atoms in total. The zero-order valence-corrected chi connectivity index (χ0v) is 11.8. The summed E-state index contributed by atoms with van der Waals surface area (Å²) in [5.41, 5.74) is 2.43. The summed E-state index contributed by atoms with van der Waals surface area (Å²) in [5, 5.41) is 12.8. The van der Waals surface area contributed by atoms with Gasteiger partial charge in [0.25, 0.3) is 5.91 Å². The number of aryl methyl sites for hydroxylation is 1. The first-order valence-electron chi connectivity index (χ1n) is 6.65. The number of carbonyl (C=O) groups excluding carboxylic acids is 1. The third-order valence-electron chi connectivity index (χ3n) is 3.30. The molecule has 1 heterocycles. The number of aliphatic hydroxyl groups is 1. The van der Waals surface area contributed by atoms with Gasteiger partial charge in [-0.05, 0) is 19.4 Å². The summed E-state index contributed by atoms with van der Waals surface area (Å²) in [6, 6.07) is 7.52. The van der Waals surface area contributed by atoms with Gasteiger partial charge >= 0.3 is 0 Å². The summed E-state index contributed by atoms with van der Waals surface area (Å²) in [6.45, 7) is 2.28. The van der Waals surface area contributed by atoms with Crippen LogP contribution in [0.15, 0.2) is 24.3 Å². The second-order valence-corrected chi connectivity index (χ2v) is 4.81. The van der Waals surface area contributed by atoms with Gasteiger partial charge in [-0.15, -0.1) is 0 Å². The maximum absolute atomic E-state index is 12.4. The molecule has 20 heavy (non-hydrogen) atoms. The molecule has 1 atom stereocenters. The number of benzene rings is 1. The van der Waals surface area contributed by atoms with Crippen molar-refractivity contribution in [1.82, 2.24) is 10.3 Å². The van der Waals surface area contributed by atoms with E-state index in [0.29, 0.717) is 18.6 Å². The number of H-pyrrole nitrogens is 1. The number of aromatic amines is 1. The predicted molar refractivity (Wildman–Crippen MR) is 77.9 cm³/mol. The van der Waals surface area contributed by atoms with E-state index in [-0.39, 0.29) is 18.6 Å².